The van der Waals surface area contributed by atoms with Gasteiger partial charge in [-0.3, -0.25) is 0 Å². The maximum Gasteiger partial charge on any atom is 0.0740 e. The lowest BCUT2D eigenvalue weighted by Crippen LogP contribution is -2.18. The van der Waals surface area contributed by atoms with Crippen LogP contribution in [0.15, 0.2) is 47.5 Å². The lowest BCUT2D eigenvalue weighted by Gasteiger charge is -2.23. The van der Waals surface area contributed by atoms with Gasteiger partial charge in [-0.2, -0.15) is 0 Å². The fraction of sp³-hybridized carbons (Fsp3) is 0.333. The molecule has 1 aliphatic rings. The molecule has 1 saturated heterocycles. The van der Waals surface area contributed by atoms with Crippen LogP contribution >= 0.6 is 11.8 Å². The number of aryl methyl sites for hydroxylation is 1. The quantitative estimate of drug-likeness (QED) is 0.770. The van der Waals surface area contributed by atoms with E-state index in [0.717, 1.165) is 5.75 Å². The standard InChI is InChI=1S/C15H19NS/c1-5-12(3)15-16(4)14(10-17-15)13-8-6-11(2)7-9-13/h5-9,14H,1,10H2,2-4H3/b15-12+. The predicted molar refractivity (Wildman–Crippen MR) is 77.0 cm³/mol. The van der Waals surface area contributed by atoms with Gasteiger partial charge in [0.2, 0.25) is 0 Å². The van der Waals surface area contributed by atoms with Crippen molar-refractivity contribution in [2.75, 3.05) is 12.8 Å². The summed E-state index contributed by atoms with van der Waals surface area (Å²) in [6.07, 6.45) is 1.94. The van der Waals surface area contributed by atoms with E-state index in [-0.39, 0.29) is 0 Å². The minimum atomic E-state index is 0.491. The number of hydrogen-bond acceptors (Lipinski definition) is 2. The third kappa shape index (κ3) is 2.42. The molecule has 0 aromatic heterocycles. The van der Waals surface area contributed by atoms with Gasteiger partial charge in [0.05, 0.1) is 11.1 Å². The van der Waals surface area contributed by atoms with Gasteiger partial charge in [0, 0.05) is 12.8 Å². The molecule has 2 heteroatoms. The first-order chi connectivity index (χ1) is 8.13. The van der Waals surface area contributed by atoms with E-state index in [0.29, 0.717) is 6.04 Å². The van der Waals surface area contributed by atoms with E-state index < -0.39 is 0 Å². The van der Waals surface area contributed by atoms with E-state index >= 15 is 0 Å². The summed E-state index contributed by atoms with van der Waals surface area (Å²) in [4.78, 5) is 2.37. The third-order valence-electron chi connectivity index (χ3n) is 3.27. The van der Waals surface area contributed by atoms with Crippen LogP contribution in [0.1, 0.15) is 24.1 Å². The van der Waals surface area contributed by atoms with Crippen LogP contribution in [-0.4, -0.2) is 17.7 Å². The SMILES string of the molecule is C=C/C(C)=C1/SCC(c2ccc(C)cc2)N1C. The molecule has 0 amide bonds. The van der Waals surface area contributed by atoms with Crippen molar-refractivity contribution in [2.45, 2.75) is 19.9 Å². The maximum absolute atomic E-state index is 3.85. The highest BCUT2D eigenvalue weighted by Crippen LogP contribution is 2.41. The minimum Gasteiger partial charge on any atom is -0.361 e. The first kappa shape index (κ1) is 12.3. The Balaban J connectivity index is 2.26. The van der Waals surface area contributed by atoms with Crippen LogP contribution in [0.2, 0.25) is 0 Å². The van der Waals surface area contributed by atoms with Crippen molar-refractivity contribution < 1.29 is 0 Å². The summed E-state index contributed by atoms with van der Waals surface area (Å²) < 4.78 is 0. The molecule has 0 aliphatic carbocycles. The highest BCUT2D eigenvalue weighted by molar-refractivity contribution is 8.03. The minimum absolute atomic E-state index is 0.491. The van der Waals surface area contributed by atoms with Gasteiger partial charge in [0.25, 0.3) is 0 Å². The molecule has 1 fully saturated rings. The third-order valence-corrected chi connectivity index (χ3v) is 4.64. The van der Waals surface area contributed by atoms with E-state index in [9.17, 15) is 0 Å². The highest BCUT2D eigenvalue weighted by atomic mass is 32.2. The Kier molecular flexibility index (Phi) is 3.63. The highest BCUT2D eigenvalue weighted by Gasteiger charge is 2.27. The van der Waals surface area contributed by atoms with Crippen molar-refractivity contribution >= 4 is 11.8 Å². The molecule has 1 atom stereocenters. The molecular formula is C15H19NS. The Morgan fingerprint density at radius 1 is 1.41 bits per heavy atom. The second-order valence-electron chi connectivity index (χ2n) is 4.54. The van der Waals surface area contributed by atoms with Gasteiger partial charge in [-0.25, -0.2) is 0 Å². The maximum atomic E-state index is 3.85. The van der Waals surface area contributed by atoms with Crippen molar-refractivity contribution in [1.29, 1.82) is 0 Å². The van der Waals surface area contributed by atoms with Gasteiger partial charge in [-0.05, 0) is 25.0 Å². The van der Waals surface area contributed by atoms with E-state index in [1.165, 1.54) is 21.7 Å². The van der Waals surface area contributed by atoms with Gasteiger partial charge < -0.3 is 4.90 Å². The van der Waals surface area contributed by atoms with Crippen LogP contribution in [0.25, 0.3) is 0 Å². The smallest absolute Gasteiger partial charge is 0.0740 e. The van der Waals surface area contributed by atoms with Crippen molar-refractivity contribution in [2.24, 2.45) is 0 Å². The summed E-state index contributed by atoms with van der Waals surface area (Å²) >= 11 is 1.92. The van der Waals surface area contributed by atoms with E-state index in [1.807, 2.05) is 17.8 Å². The second-order valence-corrected chi connectivity index (χ2v) is 5.55. The van der Waals surface area contributed by atoms with Crippen molar-refractivity contribution in [3.8, 4) is 0 Å². The molecule has 0 saturated carbocycles. The number of thioether (sulfide) groups is 1. The zero-order valence-corrected chi connectivity index (χ0v) is 11.6. The van der Waals surface area contributed by atoms with Gasteiger partial charge >= 0.3 is 0 Å². The zero-order valence-electron chi connectivity index (χ0n) is 10.7. The summed E-state index contributed by atoms with van der Waals surface area (Å²) in [5.74, 6) is 1.13. The number of nitrogens with zero attached hydrogens (tertiary/aromatic N) is 1. The Hall–Kier alpha value is -1.15. The molecule has 0 N–H and O–H groups in total. The summed E-state index contributed by atoms with van der Waals surface area (Å²) in [5, 5.41) is 1.35. The summed E-state index contributed by atoms with van der Waals surface area (Å²) in [6, 6.07) is 9.35. The molecule has 1 unspecified atom stereocenters. The summed E-state index contributed by atoms with van der Waals surface area (Å²) in [7, 11) is 2.17. The molecule has 0 spiro atoms. The molecule has 90 valence electrons. The topological polar surface area (TPSA) is 3.24 Å². The second kappa shape index (κ2) is 5.01. The lowest BCUT2D eigenvalue weighted by molar-refractivity contribution is 0.371. The van der Waals surface area contributed by atoms with Gasteiger partial charge in [0.1, 0.15) is 0 Å². The Bertz CT molecular complexity index is 444. The van der Waals surface area contributed by atoms with Gasteiger partial charge in [-0.1, -0.05) is 42.5 Å². The first-order valence-electron chi connectivity index (χ1n) is 5.89. The van der Waals surface area contributed by atoms with Gasteiger partial charge in [0.15, 0.2) is 0 Å². The van der Waals surface area contributed by atoms with E-state index in [4.69, 9.17) is 0 Å². The van der Waals surface area contributed by atoms with Crippen LogP contribution in [0, 0.1) is 6.92 Å². The van der Waals surface area contributed by atoms with E-state index in [1.54, 1.807) is 0 Å². The number of rotatable bonds is 2. The molecule has 1 nitrogen and oxygen atoms in total. The molecule has 17 heavy (non-hydrogen) atoms. The number of hydrogen-bond donors (Lipinski definition) is 0. The van der Waals surface area contributed by atoms with Crippen LogP contribution in [0.4, 0.5) is 0 Å². The van der Waals surface area contributed by atoms with Crippen LogP contribution in [-0.2, 0) is 0 Å². The lowest BCUT2D eigenvalue weighted by atomic mass is 10.1. The normalized spacial score (nSPS) is 22.8. The Morgan fingerprint density at radius 3 is 2.65 bits per heavy atom. The van der Waals surface area contributed by atoms with Gasteiger partial charge in [-0.15, -0.1) is 11.8 Å². The molecular weight excluding hydrogens is 226 g/mol. The number of benzene rings is 1. The van der Waals surface area contributed by atoms with Crippen LogP contribution < -0.4 is 0 Å². The predicted octanol–water partition coefficient (Wildman–Crippen LogP) is 4.13. The molecule has 2 rings (SSSR count). The van der Waals surface area contributed by atoms with E-state index in [2.05, 4.69) is 56.6 Å². The zero-order chi connectivity index (χ0) is 12.4. The first-order valence-corrected chi connectivity index (χ1v) is 6.87. The fourth-order valence-corrected chi connectivity index (χ4v) is 3.47. The Labute approximate surface area is 108 Å². The molecule has 1 aromatic rings. The van der Waals surface area contributed by atoms with Crippen LogP contribution in [0.3, 0.4) is 0 Å². The number of allylic oxidation sites excluding steroid dienone is 2. The average molecular weight is 245 g/mol. The summed E-state index contributed by atoms with van der Waals surface area (Å²) in [5.41, 5.74) is 3.99. The molecule has 1 aromatic carbocycles. The molecule has 0 radical (unpaired) electrons. The van der Waals surface area contributed by atoms with Crippen molar-refractivity contribution in [3.05, 3.63) is 58.6 Å². The Morgan fingerprint density at radius 2 is 2.06 bits per heavy atom. The van der Waals surface area contributed by atoms with Crippen LogP contribution in [0.5, 0.6) is 0 Å². The molecule has 1 heterocycles. The fourth-order valence-electron chi connectivity index (χ4n) is 2.10. The largest absolute Gasteiger partial charge is 0.361 e. The molecule has 1 aliphatic heterocycles. The van der Waals surface area contributed by atoms with Crippen molar-refractivity contribution in [3.63, 3.8) is 0 Å². The van der Waals surface area contributed by atoms with Crippen molar-refractivity contribution in [1.82, 2.24) is 4.90 Å². The average Bonchev–Trinajstić information content (AvgIpc) is 2.71. The monoisotopic (exact) mass is 245 g/mol. The molecule has 0 bridgehead atoms. The summed E-state index contributed by atoms with van der Waals surface area (Å²) in [6.45, 7) is 8.11.